The zero-order valence-corrected chi connectivity index (χ0v) is 10.2. The average Bonchev–Trinajstić information content (AvgIpc) is 3.12. The van der Waals surface area contributed by atoms with E-state index in [0.717, 1.165) is 25.0 Å². The minimum Gasteiger partial charge on any atom is -0.368 e. The molecule has 0 saturated heterocycles. The first-order chi connectivity index (χ1) is 8.88. The summed E-state index contributed by atoms with van der Waals surface area (Å²) in [5.74, 6) is -0.160. The highest BCUT2D eigenvalue weighted by molar-refractivity contribution is 5.81. The van der Waals surface area contributed by atoms with E-state index in [-0.39, 0.29) is 5.56 Å². The first kappa shape index (κ1) is 13.9. The molecule has 1 unspecified atom stereocenters. The molecule has 1 aromatic carbocycles. The molecule has 0 heterocycles. The van der Waals surface area contributed by atoms with Crippen LogP contribution in [0.4, 0.5) is 13.2 Å². The molecule has 0 spiro atoms. The predicted octanol–water partition coefficient (Wildman–Crippen LogP) is 2.23. The molecule has 1 fully saturated rings. The van der Waals surface area contributed by atoms with Crippen molar-refractivity contribution in [1.29, 1.82) is 0 Å². The number of amides is 1. The normalized spacial score (nSPS) is 17.2. The molecule has 3 nitrogen and oxygen atoms in total. The lowest BCUT2D eigenvalue weighted by Gasteiger charge is -2.17. The molecule has 1 atom stereocenters. The molecule has 6 heteroatoms. The molecular weight excluding hydrogens is 257 g/mol. The van der Waals surface area contributed by atoms with Crippen LogP contribution in [0.2, 0.25) is 0 Å². The molecule has 1 aliphatic carbocycles. The number of hydrogen-bond acceptors (Lipinski definition) is 2. The minimum absolute atomic E-state index is 0.253. The van der Waals surface area contributed by atoms with E-state index in [2.05, 4.69) is 5.32 Å². The Labute approximate surface area is 109 Å². The third-order valence-corrected chi connectivity index (χ3v) is 3.14. The van der Waals surface area contributed by atoms with Crippen LogP contribution in [0.1, 0.15) is 30.0 Å². The van der Waals surface area contributed by atoms with E-state index in [4.69, 9.17) is 5.73 Å². The number of rotatable bonds is 5. The van der Waals surface area contributed by atoms with Crippen molar-refractivity contribution in [3.05, 3.63) is 35.4 Å². The van der Waals surface area contributed by atoms with Crippen LogP contribution >= 0.6 is 0 Å². The van der Waals surface area contributed by atoms with Crippen LogP contribution in [0.5, 0.6) is 0 Å². The van der Waals surface area contributed by atoms with E-state index in [1.54, 1.807) is 0 Å². The molecule has 0 radical (unpaired) electrons. The van der Waals surface area contributed by atoms with Crippen molar-refractivity contribution in [2.45, 2.75) is 25.1 Å². The number of carbonyl (C=O) groups excluding carboxylic acids is 1. The summed E-state index contributed by atoms with van der Waals surface area (Å²) < 4.78 is 37.9. The van der Waals surface area contributed by atoms with E-state index in [0.29, 0.717) is 12.5 Å². The number of alkyl halides is 3. The Balaban J connectivity index is 2.17. The van der Waals surface area contributed by atoms with Crippen LogP contribution in [0.15, 0.2) is 24.3 Å². The number of hydrogen-bond donors (Lipinski definition) is 2. The van der Waals surface area contributed by atoms with E-state index < -0.39 is 23.7 Å². The largest absolute Gasteiger partial charge is 0.416 e. The molecule has 1 aromatic rings. The quantitative estimate of drug-likeness (QED) is 0.863. The number of nitrogens with two attached hydrogens (primary N) is 1. The van der Waals surface area contributed by atoms with Crippen LogP contribution in [0.3, 0.4) is 0 Å². The molecule has 1 saturated carbocycles. The summed E-state index contributed by atoms with van der Waals surface area (Å²) in [6.07, 6.45) is -2.25. The van der Waals surface area contributed by atoms with Crippen molar-refractivity contribution in [1.82, 2.24) is 5.32 Å². The van der Waals surface area contributed by atoms with E-state index in [9.17, 15) is 18.0 Å². The maximum Gasteiger partial charge on any atom is 0.416 e. The summed E-state index contributed by atoms with van der Waals surface area (Å²) in [6.45, 7) is 0.601. The second kappa shape index (κ2) is 5.21. The van der Waals surface area contributed by atoms with Gasteiger partial charge in [-0.2, -0.15) is 13.2 Å². The van der Waals surface area contributed by atoms with Gasteiger partial charge in [0.2, 0.25) is 5.91 Å². The Morgan fingerprint density at radius 2 is 2.11 bits per heavy atom. The number of primary amides is 1. The molecule has 0 aliphatic heterocycles. The SMILES string of the molecule is NC(=O)C(NCC1CC1)c1cccc(C(F)(F)F)c1. The molecule has 0 bridgehead atoms. The van der Waals surface area contributed by atoms with Gasteiger partial charge in [0.15, 0.2) is 0 Å². The van der Waals surface area contributed by atoms with Gasteiger partial charge in [-0.25, -0.2) is 0 Å². The lowest BCUT2D eigenvalue weighted by atomic mass is 10.0. The highest BCUT2D eigenvalue weighted by Crippen LogP contribution is 2.31. The fraction of sp³-hybridized carbons (Fsp3) is 0.462. The van der Waals surface area contributed by atoms with Gasteiger partial charge in [0.05, 0.1) is 5.56 Å². The zero-order valence-electron chi connectivity index (χ0n) is 10.2. The Bertz CT molecular complexity index is 469. The van der Waals surface area contributed by atoms with Crippen molar-refractivity contribution in [2.75, 3.05) is 6.54 Å². The summed E-state index contributed by atoms with van der Waals surface area (Å²) in [5.41, 5.74) is 4.73. The lowest BCUT2D eigenvalue weighted by Crippen LogP contribution is -2.34. The third kappa shape index (κ3) is 3.70. The maximum absolute atomic E-state index is 12.6. The highest BCUT2D eigenvalue weighted by atomic mass is 19.4. The molecule has 104 valence electrons. The Morgan fingerprint density at radius 3 is 2.63 bits per heavy atom. The van der Waals surface area contributed by atoms with Crippen molar-refractivity contribution in [2.24, 2.45) is 11.7 Å². The summed E-state index contributed by atoms with van der Waals surface area (Å²) in [4.78, 5) is 11.4. The van der Waals surface area contributed by atoms with Gasteiger partial charge in [-0.05, 0) is 43.0 Å². The van der Waals surface area contributed by atoms with Gasteiger partial charge in [0, 0.05) is 0 Å². The third-order valence-electron chi connectivity index (χ3n) is 3.14. The molecule has 2 rings (SSSR count). The van der Waals surface area contributed by atoms with Gasteiger partial charge in [0.25, 0.3) is 0 Å². The van der Waals surface area contributed by atoms with Gasteiger partial charge in [-0.3, -0.25) is 4.79 Å². The minimum atomic E-state index is -4.42. The van der Waals surface area contributed by atoms with E-state index in [1.165, 1.54) is 12.1 Å². The summed E-state index contributed by atoms with van der Waals surface area (Å²) in [7, 11) is 0. The lowest BCUT2D eigenvalue weighted by molar-refractivity contribution is -0.137. The molecule has 0 aromatic heterocycles. The standard InChI is InChI=1S/C13H15F3N2O/c14-13(15,16)10-3-1-2-9(6-10)11(12(17)19)18-7-8-4-5-8/h1-3,6,8,11,18H,4-5,7H2,(H2,17,19). The van der Waals surface area contributed by atoms with Gasteiger partial charge in [0.1, 0.15) is 6.04 Å². The summed E-state index contributed by atoms with van der Waals surface area (Å²) >= 11 is 0. The number of halogens is 3. The Kier molecular flexibility index (Phi) is 3.80. The molecular formula is C13H15F3N2O. The van der Waals surface area contributed by atoms with Gasteiger partial charge >= 0.3 is 6.18 Å². The van der Waals surface area contributed by atoms with Crippen molar-refractivity contribution in [3.8, 4) is 0 Å². The number of carbonyl (C=O) groups is 1. The second-order valence-corrected chi connectivity index (χ2v) is 4.81. The highest BCUT2D eigenvalue weighted by Gasteiger charge is 2.32. The molecule has 1 aliphatic rings. The zero-order chi connectivity index (χ0) is 14.0. The predicted molar refractivity (Wildman–Crippen MR) is 64.1 cm³/mol. The monoisotopic (exact) mass is 272 g/mol. The summed E-state index contributed by atoms with van der Waals surface area (Å²) in [5, 5.41) is 2.93. The van der Waals surface area contributed by atoms with Crippen molar-refractivity contribution < 1.29 is 18.0 Å². The van der Waals surface area contributed by atoms with E-state index >= 15 is 0 Å². The smallest absolute Gasteiger partial charge is 0.368 e. The van der Waals surface area contributed by atoms with Crippen LogP contribution in [-0.2, 0) is 11.0 Å². The number of nitrogens with one attached hydrogen (secondary N) is 1. The van der Waals surface area contributed by atoms with Crippen LogP contribution in [0.25, 0.3) is 0 Å². The van der Waals surface area contributed by atoms with Gasteiger partial charge in [-0.1, -0.05) is 12.1 Å². The van der Waals surface area contributed by atoms with Crippen molar-refractivity contribution in [3.63, 3.8) is 0 Å². The molecule has 19 heavy (non-hydrogen) atoms. The summed E-state index contributed by atoms with van der Waals surface area (Å²) in [6, 6.07) is 3.83. The molecule has 3 N–H and O–H groups in total. The fourth-order valence-corrected chi connectivity index (χ4v) is 1.88. The number of benzene rings is 1. The van der Waals surface area contributed by atoms with Crippen LogP contribution in [0, 0.1) is 5.92 Å². The first-order valence-corrected chi connectivity index (χ1v) is 6.08. The molecule has 1 amide bonds. The van der Waals surface area contributed by atoms with Crippen LogP contribution < -0.4 is 11.1 Å². The fourth-order valence-electron chi connectivity index (χ4n) is 1.88. The second-order valence-electron chi connectivity index (χ2n) is 4.81. The topological polar surface area (TPSA) is 55.1 Å². The van der Waals surface area contributed by atoms with Gasteiger partial charge in [-0.15, -0.1) is 0 Å². The maximum atomic E-state index is 12.6. The van der Waals surface area contributed by atoms with Gasteiger partial charge < -0.3 is 11.1 Å². The van der Waals surface area contributed by atoms with Crippen LogP contribution in [-0.4, -0.2) is 12.5 Å². The first-order valence-electron chi connectivity index (χ1n) is 6.08. The van der Waals surface area contributed by atoms with Crippen molar-refractivity contribution >= 4 is 5.91 Å². The average molecular weight is 272 g/mol. The Morgan fingerprint density at radius 1 is 1.42 bits per heavy atom. The van der Waals surface area contributed by atoms with E-state index in [1.807, 2.05) is 0 Å². The Hall–Kier alpha value is -1.56.